The zero-order valence-corrected chi connectivity index (χ0v) is 12.5. The zero-order valence-electron chi connectivity index (χ0n) is 12.5. The van der Waals surface area contributed by atoms with Crippen LogP contribution in [0.1, 0.15) is 12.0 Å². The van der Waals surface area contributed by atoms with Gasteiger partial charge < -0.3 is 20.1 Å². The monoisotopic (exact) mass is 332 g/mol. The van der Waals surface area contributed by atoms with Gasteiger partial charge in [-0.25, -0.2) is 4.79 Å². The number of amides is 2. The van der Waals surface area contributed by atoms with E-state index in [4.69, 9.17) is 5.11 Å². The summed E-state index contributed by atoms with van der Waals surface area (Å²) in [6.07, 6.45) is -3.75. The van der Waals surface area contributed by atoms with Gasteiger partial charge in [0.1, 0.15) is 5.75 Å². The Labute approximate surface area is 132 Å². The molecule has 23 heavy (non-hydrogen) atoms. The molecule has 128 valence electrons. The molecule has 0 saturated carbocycles. The molecule has 8 heteroatoms. The van der Waals surface area contributed by atoms with Crippen molar-refractivity contribution in [3.63, 3.8) is 0 Å². The average molecular weight is 332 g/mol. The van der Waals surface area contributed by atoms with E-state index in [0.29, 0.717) is 18.7 Å². The van der Waals surface area contributed by atoms with Crippen LogP contribution in [-0.2, 0) is 6.42 Å². The number of benzene rings is 1. The lowest BCUT2D eigenvalue weighted by atomic mass is 10.1. The number of nitrogens with one attached hydrogen (secondary N) is 1. The van der Waals surface area contributed by atoms with Gasteiger partial charge in [-0.3, -0.25) is 0 Å². The predicted molar refractivity (Wildman–Crippen MR) is 77.0 cm³/mol. The molecule has 2 amide bonds. The Kier molecular flexibility index (Phi) is 5.70. The number of alkyl halides is 3. The maximum Gasteiger partial charge on any atom is 0.573 e. The minimum atomic E-state index is -4.74. The van der Waals surface area contributed by atoms with E-state index in [9.17, 15) is 18.0 Å². The van der Waals surface area contributed by atoms with Crippen LogP contribution in [0.4, 0.5) is 18.0 Å². The number of carbonyl (C=O) groups excluding carboxylic acids is 1. The second-order valence-corrected chi connectivity index (χ2v) is 5.42. The lowest BCUT2D eigenvalue weighted by Crippen LogP contribution is -2.39. The van der Waals surface area contributed by atoms with Crippen LogP contribution in [0.5, 0.6) is 5.75 Å². The van der Waals surface area contributed by atoms with Crippen molar-refractivity contribution >= 4 is 6.03 Å². The van der Waals surface area contributed by atoms with Crippen LogP contribution >= 0.6 is 0 Å². The molecular formula is C15H19F3N2O3. The summed E-state index contributed by atoms with van der Waals surface area (Å²) >= 11 is 0. The number of carbonyl (C=O) groups is 1. The minimum Gasteiger partial charge on any atom is -0.406 e. The van der Waals surface area contributed by atoms with E-state index < -0.39 is 6.36 Å². The summed E-state index contributed by atoms with van der Waals surface area (Å²) in [6, 6.07) is 5.59. The number of aliphatic hydroxyl groups is 1. The SMILES string of the molecule is O=C(NCCc1ccccc1OC(F)(F)F)N1CCC(CO)C1. The van der Waals surface area contributed by atoms with E-state index in [1.54, 1.807) is 11.0 Å². The number of hydrogen-bond donors (Lipinski definition) is 2. The molecule has 0 aliphatic carbocycles. The summed E-state index contributed by atoms with van der Waals surface area (Å²) in [5.74, 6) is -0.155. The lowest BCUT2D eigenvalue weighted by Gasteiger charge is -2.17. The van der Waals surface area contributed by atoms with Gasteiger partial charge in [-0.1, -0.05) is 18.2 Å². The minimum absolute atomic E-state index is 0.0476. The standard InChI is InChI=1S/C15H19F3N2O3/c16-15(17,18)23-13-4-2-1-3-12(13)5-7-19-14(22)20-8-6-11(9-20)10-21/h1-4,11,21H,5-10H2,(H,19,22). The van der Waals surface area contributed by atoms with Crippen molar-refractivity contribution < 1.29 is 27.8 Å². The third kappa shape index (κ3) is 5.31. The van der Waals surface area contributed by atoms with Crippen LogP contribution in [0.25, 0.3) is 0 Å². The van der Waals surface area contributed by atoms with Gasteiger partial charge in [-0.15, -0.1) is 13.2 Å². The molecular weight excluding hydrogens is 313 g/mol. The largest absolute Gasteiger partial charge is 0.573 e. The summed E-state index contributed by atoms with van der Waals surface area (Å²) < 4.78 is 40.9. The maximum absolute atomic E-state index is 12.3. The molecule has 2 N–H and O–H groups in total. The topological polar surface area (TPSA) is 61.8 Å². The van der Waals surface area contributed by atoms with Gasteiger partial charge in [0, 0.05) is 32.2 Å². The molecule has 0 aromatic heterocycles. The summed E-state index contributed by atoms with van der Waals surface area (Å²) in [5, 5.41) is 11.7. The Morgan fingerprint density at radius 3 is 2.78 bits per heavy atom. The first-order valence-electron chi connectivity index (χ1n) is 7.36. The molecule has 0 radical (unpaired) electrons. The summed E-state index contributed by atoms with van der Waals surface area (Å²) in [7, 11) is 0. The molecule has 0 bridgehead atoms. The molecule has 1 unspecified atom stereocenters. The maximum atomic E-state index is 12.3. The van der Waals surface area contributed by atoms with E-state index in [2.05, 4.69) is 10.1 Å². The molecule has 1 aliphatic heterocycles. The number of rotatable bonds is 5. The van der Waals surface area contributed by atoms with Crippen LogP contribution in [0.3, 0.4) is 0 Å². The van der Waals surface area contributed by atoms with Crippen molar-refractivity contribution in [1.29, 1.82) is 0 Å². The van der Waals surface area contributed by atoms with Gasteiger partial charge in [0.2, 0.25) is 0 Å². The van der Waals surface area contributed by atoms with Crippen molar-refractivity contribution in [3.8, 4) is 5.75 Å². The second-order valence-electron chi connectivity index (χ2n) is 5.42. The number of urea groups is 1. The summed E-state index contributed by atoms with van der Waals surface area (Å²) in [5.41, 5.74) is 0.375. The Balaban J connectivity index is 1.83. The molecule has 0 spiro atoms. The normalized spacial score (nSPS) is 18.1. The van der Waals surface area contributed by atoms with Gasteiger partial charge in [0.05, 0.1) is 0 Å². The molecule has 1 aliphatic rings. The van der Waals surface area contributed by atoms with Crippen molar-refractivity contribution in [1.82, 2.24) is 10.2 Å². The smallest absolute Gasteiger partial charge is 0.406 e. The third-order valence-electron chi connectivity index (χ3n) is 3.70. The molecule has 1 aromatic carbocycles. The number of para-hydroxylation sites is 1. The highest BCUT2D eigenvalue weighted by atomic mass is 19.4. The third-order valence-corrected chi connectivity index (χ3v) is 3.70. The van der Waals surface area contributed by atoms with Crippen molar-refractivity contribution in [3.05, 3.63) is 29.8 Å². The highest BCUT2D eigenvalue weighted by Crippen LogP contribution is 2.26. The first-order chi connectivity index (χ1) is 10.9. The Bertz CT molecular complexity index is 537. The molecule has 1 heterocycles. The van der Waals surface area contributed by atoms with Crippen LogP contribution in [0.2, 0.25) is 0 Å². The number of hydrogen-bond acceptors (Lipinski definition) is 3. The number of aliphatic hydroxyl groups excluding tert-OH is 1. The number of ether oxygens (including phenoxy) is 1. The highest BCUT2D eigenvalue weighted by Gasteiger charge is 2.32. The molecule has 1 atom stereocenters. The van der Waals surface area contributed by atoms with Crippen LogP contribution < -0.4 is 10.1 Å². The first kappa shape index (κ1) is 17.4. The number of likely N-dealkylation sites (tertiary alicyclic amines) is 1. The molecule has 1 saturated heterocycles. The number of halogens is 3. The molecule has 1 fully saturated rings. The van der Waals surface area contributed by atoms with Gasteiger partial charge in [-0.05, 0) is 24.5 Å². The average Bonchev–Trinajstić information content (AvgIpc) is 2.96. The summed E-state index contributed by atoms with van der Waals surface area (Å²) in [4.78, 5) is 13.5. The van der Waals surface area contributed by atoms with Crippen molar-refractivity contribution in [2.45, 2.75) is 19.2 Å². The fraction of sp³-hybridized carbons (Fsp3) is 0.533. The van der Waals surface area contributed by atoms with E-state index in [-0.39, 0.29) is 37.3 Å². The highest BCUT2D eigenvalue weighted by molar-refractivity contribution is 5.74. The fourth-order valence-electron chi connectivity index (χ4n) is 2.52. The van der Waals surface area contributed by atoms with Gasteiger partial charge in [-0.2, -0.15) is 0 Å². The first-order valence-corrected chi connectivity index (χ1v) is 7.36. The number of nitrogens with zero attached hydrogens (tertiary/aromatic N) is 1. The van der Waals surface area contributed by atoms with E-state index in [0.717, 1.165) is 6.42 Å². The second kappa shape index (κ2) is 7.54. The zero-order chi connectivity index (χ0) is 16.9. The van der Waals surface area contributed by atoms with E-state index in [1.165, 1.54) is 18.2 Å². The Morgan fingerprint density at radius 2 is 2.13 bits per heavy atom. The Hall–Kier alpha value is -1.96. The fourth-order valence-corrected chi connectivity index (χ4v) is 2.52. The van der Waals surface area contributed by atoms with Gasteiger partial charge in [0.15, 0.2) is 0 Å². The van der Waals surface area contributed by atoms with Crippen LogP contribution in [0, 0.1) is 5.92 Å². The van der Waals surface area contributed by atoms with E-state index >= 15 is 0 Å². The molecule has 2 rings (SSSR count). The van der Waals surface area contributed by atoms with Crippen LogP contribution in [0.15, 0.2) is 24.3 Å². The Morgan fingerprint density at radius 1 is 1.39 bits per heavy atom. The molecule has 5 nitrogen and oxygen atoms in total. The quantitative estimate of drug-likeness (QED) is 0.868. The van der Waals surface area contributed by atoms with Crippen LogP contribution in [-0.4, -0.2) is 48.6 Å². The molecule has 1 aromatic rings. The van der Waals surface area contributed by atoms with E-state index in [1.807, 2.05) is 0 Å². The van der Waals surface area contributed by atoms with Crippen molar-refractivity contribution in [2.75, 3.05) is 26.2 Å². The summed E-state index contributed by atoms with van der Waals surface area (Å²) in [6.45, 7) is 1.32. The van der Waals surface area contributed by atoms with Crippen molar-refractivity contribution in [2.24, 2.45) is 5.92 Å². The van der Waals surface area contributed by atoms with Gasteiger partial charge in [0.25, 0.3) is 0 Å². The lowest BCUT2D eigenvalue weighted by molar-refractivity contribution is -0.274. The predicted octanol–water partition coefficient (Wildman–Crippen LogP) is 2.15. The van der Waals surface area contributed by atoms with Gasteiger partial charge >= 0.3 is 12.4 Å².